The van der Waals surface area contributed by atoms with Gasteiger partial charge in [0.2, 0.25) is 5.75 Å². The average molecular weight is 594 g/mol. The van der Waals surface area contributed by atoms with Gasteiger partial charge in [-0.3, -0.25) is 19.5 Å². The van der Waals surface area contributed by atoms with Crippen LogP contribution in [0.5, 0.6) is 5.75 Å². The maximum absolute atomic E-state index is 13.9. The third-order valence-electron chi connectivity index (χ3n) is 6.20. The van der Waals surface area contributed by atoms with Crippen molar-refractivity contribution in [2.45, 2.75) is 19.9 Å². The summed E-state index contributed by atoms with van der Waals surface area (Å²) in [6.07, 6.45) is 1.39. The molecular weight excluding hydrogens is 574 g/mol. The third-order valence-corrected chi connectivity index (χ3v) is 7.64. The van der Waals surface area contributed by atoms with Crippen LogP contribution in [-0.4, -0.2) is 27.2 Å². The molecular formula is C27H20BrN3O6S. The van der Waals surface area contributed by atoms with Gasteiger partial charge in [-0.15, -0.1) is 0 Å². The first-order chi connectivity index (χ1) is 18.2. The second kappa shape index (κ2) is 9.99. The molecule has 0 spiro atoms. The Balaban J connectivity index is 1.81. The number of halogens is 1. The Morgan fingerprint density at radius 1 is 1.26 bits per heavy atom. The molecule has 9 nitrogen and oxygen atoms in total. The van der Waals surface area contributed by atoms with Gasteiger partial charge in [-0.25, -0.2) is 9.79 Å². The van der Waals surface area contributed by atoms with E-state index in [9.17, 15) is 24.8 Å². The van der Waals surface area contributed by atoms with Crippen LogP contribution in [0.2, 0.25) is 0 Å². The molecule has 2 heterocycles. The number of aromatic hydroxyl groups is 1. The molecule has 11 heteroatoms. The summed E-state index contributed by atoms with van der Waals surface area (Å²) < 4.78 is 7.36. The number of nitrogens with zero attached hydrogens (tertiary/aromatic N) is 3. The van der Waals surface area contributed by atoms with Crippen LogP contribution in [0.1, 0.15) is 31.0 Å². The minimum Gasteiger partial charge on any atom is -0.502 e. The van der Waals surface area contributed by atoms with Gasteiger partial charge in [-0.2, -0.15) is 0 Å². The van der Waals surface area contributed by atoms with Crippen LogP contribution >= 0.6 is 27.3 Å². The zero-order valence-electron chi connectivity index (χ0n) is 20.2. The highest BCUT2D eigenvalue weighted by Gasteiger charge is 2.34. The van der Waals surface area contributed by atoms with E-state index in [0.29, 0.717) is 15.0 Å². The number of ether oxygens (including phenoxy) is 1. The van der Waals surface area contributed by atoms with Gasteiger partial charge in [0.15, 0.2) is 4.80 Å². The lowest BCUT2D eigenvalue weighted by atomic mass is 9.91. The molecule has 1 atom stereocenters. The van der Waals surface area contributed by atoms with Crippen LogP contribution in [0.15, 0.2) is 80.1 Å². The summed E-state index contributed by atoms with van der Waals surface area (Å²) in [5.41, 5.74) is 0.558. The van der Waals surface area contributed by atoms with Crippen molar-refractivity contribution in [3.05, 3.63) is 111 Å². The standard InChI is InChI=1S/C27H20BrN3O6S/c1-3-37-26(34)22-14(2)29-27-30(23(22)19-10-6-8-15-7-4-5-9-18(15)19)25(33)21(38-27)12-16-11-17(28)13-20(24(16)32)31(35)36/h4-13,23,32H,3H2,1-2H3/b21-12+/t23-/m0/s1. The van der Waals surface area contributed by atoms with Gasteiger partial charge < -0.3 is 9.84 Å². The summed E-state index contributed by atoms with van der Waals surface area (Å²) in [5, 5.41) is 23.7. The number of benzene rings is 3. The number of allylic oxidation sites excluding steroid dienone is 1. The number of nitro benzene ring substituents is 1. The molecule has 0 saturated heterocycles. The Kier molecular flexibility index (Phi) is 6.72. The highest BCUT2D eigenvalue weighted by molar-refractivity contribution is 9.10. The zero-order chi connectivity index (χ0) is 27.1. The molecule has 1 aromatic heterocycles. The van der Waals surface area contributed by atoms with Gasteiger partial charge in [0, 0.05) is 16.1 Å². The number of carbonyl (C=O) groups excluding carboxylic acids is 1. The van der Waals surface area contributed by atoms with Crippen molar-refractivity contribution in [1.29, 1.82) is 0 Å². The van der Waals surface area contributed by atoms with Crippen molar-refractivity contribution in [2.24, 2.45) is 4.99 Å². The smallest absolute Gasteiger partial charge is 0.338 e. The molecule has 38 heavy (non-hydrogen) atoms. The third kappa shape index (κ3) is 4.33. The summed E-state index contributed by atoms with van der Waals surface area (Å²) in [7, 11) is 0. The fourth-order valence-electron chi connectivity index (χ4n) is 4.57. The molecule has 5 rings (SSSR count). The van der Waals surface area contributed by atoms with E-state index in [1.807, 2.05) is 42.5 Å². The maximum atomic E-state index is 13.9. The van der Waals surface area contributed by atoms with Crippen LogP contribution in [-0.2, 0) is 9.53 Å². The molecule has 1 aliphatic heterocycles. The monoisotopic (exact) mass is 593 g/mol. The number of esters is 1. The van der Waals surface area contributed by atoms with E-state index in [-0.39, 0.29) is 22.3 Å². The largest absolute Gasteiger partial charge is 0.502 e. The fraction of sp³-hybridized carbons (Fsp3) is 0.148. The van der Waals surface area contributed by atoms with Gasteiger partial charge in [0.1, 0.15) is 0 Å². The lowest BCUT2D eigenvalue weighted by Gasteiger charge is -2.25. The van der Waals surface area contributed by atoms with E-state index in [1.165, 1.54) is 22.8 Å². The van der Waals surface area contributed by atoms with Crippen LogP contribution < -0.4 is 14.9 Å². The van der Waals surface area contributed by atoms with Gasteiger partial charge in [-0.1, -0.05) is 69.7 Å². The van der Waals surface area contributed by atoms with Crippen molar-refractivity contribution in [3.8, 4) is 5.75 Å². The lowest BCUT2D eigenvalue weighted by molar-refractivity contribution is -0.385. The minimum absolute atomic E-state index is 0.0966. The number of thiazole rings is 1. The molecule has 0 fully saturated rings. The molecule has 0 unspecified atom stereocenters. The normalized spacial score (nSPS) is 15.3. The Labute approximate surface area is 227 Å². The first-order valence-electron chi connectivity index (χ1n) is 11.6. The molecule has 3 aromatic carbocycles. The SMILES string of the molecule is CCOC(=O)C1=C(C)N=c2s/c(=C/c3cc(Br)cc([N+](=O)[O-])c3O)c(=O)n2[C@H]1c1cccc2ccccc12. The first-order valence-corrected chi connectivity index (χ1v) is 13.2. The molecule has 1 N–H and O–H groups in total. The van der Waals surface area contributed by atoms with Crippen LogP contribution in [0.4, 0.5) is 5.69 Å². The second-order valence-electron chi connectivity index (χ2n) is 8.49. The molecule has 0 amide bonds. The Bertz CT molecular complexity index is 1850. The topological polar surface area (TPSA) is 124 Å². The van der Waals surface area contributed by atoms with Crippen LogP contribution in [0.3, 0.4) is 0 Å². The fourth-order valence-corrected chi connectivity index (χ4v) is 6.07. The summed E-state index contributed by atoms with van der Waals surface area (Å²) in [4.78, 5) is 42.6. The predicted molar refractivity (Wildman–Crippen MR) is 147 cm³/mol. The number of carbonyl (C=O) groups is 1. The molecule has 192 valence electrons. The predicted octanol–water partition coefficient (Wildman–Crippen LogP) is 4.33. The number of phenolic OH excluding ortho intramolecular Hbond substituents is 1. The van der Waals surface area contributed by atoms with Crippen molar-refractivity contribution < 1.29 is 19.6 Å². The molecule has 0 saturated carbocycles. The number of hydrogen-bond donors (Lipinski definition) is 1. The minimum atomic E-state index is -0.816. The van der Waals surface area contributed by atoms with E-state index >= 15 is 0 Å². The summed E-state index contributed by atoms with van der Waals surface area (Å²) in [6.45, 7) is 3.56. The highest BCUT2D eigenvalue weighted by Crippen LogP contribution is 2.36. The zero-order valence-corrected chi connectivity index (χ0v) is 22.6. The van der Waals surface area contributed by atoms with E-state index in [0.717, 1.165) is 27.7 Å². The number of fused-ring (bicyclic) bond motifs is 2. The molecule has 1 aliphatic rings. The van der Waals surface area contributed by atoms with Crippen molar-refractivity contribution in [3.63, 3.8) is 0 Å². The lowest BCUT2D eigenvalue weighted by Crippen LogP contribution is -2.40. The summed E-state index contributed by atoms with van der Waals surface area (Å²) in [5.74, 6) is -1.13. The van der Waals surface area contributed by atoms with E-state index in [2.05, 4.69) is 20.9 Å². The van der Waals surface area contributed by atoms with Gasteiger partial charge in [0.05, 0.1) is 33.4 Å². The van der Waals surface area contributed by atoms with E-state index in [4.69, 9.17) is 4.74 Å². The number of phenols is 1. The van der Waals surface area contributed by atoms with Crippen molar-refractivity contribution >= 4 is 55.8 Å². The highest BCUT2D eigenvalue weighted by atomic mass is 79.9. The van der Waals surface area contributed by atoms with Crippen molar-refractivity contribution in [2.75, 3.05) is 6.61 Å². The van der Waals surface area contributed by atoms with Crippen molar-refractivity contribution in [1.82, 2.24) is 4.57 Å². The van der Waals surface area contributed by atoms with Crippen LogP contribution in [0.25, 0.3) is 16.8 Å². The average Bonchev–Trinajstić information content (AvgIpc) is 3.19. The maximum Gasteiger partial charge on any atom is 0.338 e. The molecule has 0 radical (unpaired) electrons. The number of nitro groups is 1. The second-order valence-corrected chi connectivity index (χ2v) is 10.4. The number of rotatable bonds is 5. The van der Waals surface area contributed by atoms with Gasteiger partial charge >= 0.3 is 11.7 Å². The Morgan fingerprint density at radius 2 is 2.00 bits per heavy atom. The van der Waals surface area contributed by atoms with E-state index in [1.54, 1.807) is 13.8 Å². The number of aromatic nitrogens is 1. The molecule has 0 bridgehead atoms. The Morgan fingerprint density at radius 3 is 2.74 bits per heavy atom. The quantitative estimate of drug-likeness (QED) is 0.209. The van der Waals surface area contributed by atoms with E-state index < -0.39 is 33.9 Å². The summed E-state index contributed by atoms with van der Waals surface area (Å²) >= 11 is 4.29. The molecule has 0 aliphatic carbocycles. The number of hydrogen-bond acceptors (Lipinski definition) is 8. The Hall–Kier alpha value is -4.09. The van der Waals surface area contributed by atoms with Gasteiger partial charge in [-0.05, 0) is 42.3 Å². The molecule has 4 aromatic rings. The van der Waals surface area contributed by atoms with Crippen LogP contribution in [0, 0.1) is 10.1 Å². The van der Waals surface area contributed by atoms with Gasteiger partial charge in [0.25, 0.3) is 5.56 Å². The first kappa shape index (κ1) is 25.6. The summed E-state index contributed by atoms with van der Waals surface area (Å²) in [6, 6.07) is 15.2.